The number of isocyanates is 1. The number of Topliss-reactive ketones (excluding diaryl/α,β-unsaturated/α-hetero) is 2. The van der Waals surface area contributed by atoms with Crippen molar-refractivity contribution in [2.24, 2.45) is 45.2 Å². The zero-order valence-corrected chi connectivity index (χ0v) is 64.1. The highest BCUT2D eigenvalue weighted by molar-refractivity contribution is 7.93. The number of amides is 8. The van der Waals surface area contributed by atoms with Crippen LogP contribution >= 0.6 is 12.4 Å². The Labute approximate surface area is 606 Å². The standard InChI is InChI=1S/C36H59N5O8S.C24H38N4O5.C12H21NO3S.ClH/c1-7-19-37-31(44)29(42)25-16-12-9-8-10-15-20-49-22-26(32(45)41-21-24-27(35(24,5)6)28(41)30(43)38-25)39-33(46)40-36(17-13-11-14-18-36)23-50(47,48)34(2,3)4;1-4-11-26-22(31)20(29)17-10-8-6-5-7-9-12-33-14-16(25)23(32)28-13-15-18(24(15,2)3)19(28)21(30)27-17;1-11(2,3)17(15,16)9-12(13-10-14)7-5-4-6-8-12;/h7,24-28H,1,8-23H2,2-6H3,(H,37,44)(H,38,43)(H2,39,40,46);4,15-19H,1,5-14,25H2,2-3H3,(H,26,31)(H,27,30);4-9H2,1-3H3;1H/t24-,25-,26-,27-,28-;15-,16-,17-,18-,19-;;/m00../s1. The smallest absolute Gasteiger partial charge is 0.315 e. The van der Waals surface area contributed by atoms with Crippen LogP contribution in [0.3, 0.4) is 0 Å². The van der Waals surface area contributed by atoms with Gasteiger partial charge in [0.05, 0.1) is 57.4 Å². The first kappa shape index (κ1) is 86.0. The average Bonchev–Trinajstić information content (AvgIpc) is 1.54. The number of hydrogen-bond acceptors (Lipinski definition) is 18. The lowest BCUT2D eigenvalue weighted by Gasteiger charge is -2.40. The van der Waals surface area contributed by atoms with Crippen LogP contribution in [0.15, 0.2) is 30.3 Å². The third-order valence-electron chi connectivity index (χ3n) is 22.2. The number of urea groups is 1. The summed E-state index contributed by atoms with van der Waals surface area (Å²) >= 11 is 0. The molecular weight excluding hydrogens is 1360 g/mol. The molecule has 4 saturated carbocycles. The van der Waals surface area contributed by atoms with Crippen LogP contribution < -0.4 is 37.6 Å². The van der Waals surface area contributed by atoms with Crippen molar-refractivity contribution in [3.8, 4) is 0 Å². The van der Waals surface area contributed by atoms with Crippen LogP contribution in [0, 0.1) is 34.5 Å². The Kier molecular flexibility index (Phi) is 31.4. The van der Waals surface area contributed by atoms with E-state index < -0.39 is 124 Å². The number of ether oxygens (including phenoxy) is 2. The highest BCUT2D eigenvalue weighted by Crippen LogP contribution is 2.66. The van der Waals surface area contributed by atoms with Gasteiger partial charge in [-0.25, -0.2) is 26.4 Å². The van der Waals surface area contributed by atoms with Crippen molar-refractivity contribution in [1.82, 2.24) is 41.7 Å². The fourth-order valence-electron chi connectivity index (χ4n) is 15.4. The molecule has 0 bridgehead atoms. The molecule has 26 nitrogen and oxygen atoms in total. The summed E-state index contributed by atoms with van der Waals surface area (Å²) in [6.45, 7) is 27.3. The fraction of sp³-hybridized carbons (Fsp3) is 0.806. The third-order valence-corrected chi connectivity index (χ3v) is 27.7. The molecule has 0 unspecified atom stereocenters. The van der Waals surface area contributed by atoms with Gasteiger partial charge in [-0.15, -0.1) is 25.6 Å². The first-order valence-electron chi connectivity index (χ1n) is 36.5. The molecule has 8 N–H and O–H groups in total. The number of halogens is 1. The molecule has 8 aliphatic rings. The summed E-state index contributed by atoms with van der Waals surface area (Å²) in [5, 5.41) is 16.4. The van der Waals surface area contributed by atoms with Crippen molar-refractivity contribution in [1.29, 1.82) is 0 Å². The summed E-state index contributed by atoms with van der Waals surface area (Å²) in [4.78, 5) is 137. The molecule has 4 aliphatic carbocycles. The van der Waals surface area contributed by atoms with Gasteiger partial charge in [-0.2, -0.15) is 4.99 Å². The van der Waals surface area contributed by atoms with E-state index >= 15 is 0 Å². The third kappa shape index (κ3) is 22.4. The number of fused-ring (bicyclic) bond motifs is 6. The van der Waals surface area contributed by atoms with Gasteiger partial charge < -0.3 is 56.9 Å². The fourth-order valence-corrected chi connectivity index (χ4v) is 18.5. The number of nitrogens with zero attached hydrogens (tertiary/aromatic N) is 3. The number of carbonyl (C=O) groups excluding carboxylic acids is 10. The van der Waals surface area contributed by atoms with Crippen molar-refractivity contribution in [3.05, 3.63) is 25.3 Å². The molecule has 4 saturated heterocycles. The van der Waals surface area contributed by atoms with Gasteiger partial charge in [-0.05, 0) is 127 Å². The van der Waals surface area contributed by atoms with E-state index in [4.69, 9.17) is 15.2 Å². The van der Waals surface area contributed by atoms with Crippen molar-refractivity contribution in [2.45, 2.75) is 267 Å². The number of piperidine rings is 2. The molecule has 10 atom stereocenters. The van der Waals surface area contributed by atoms with Crippen molar-refractivity contribution < 1.29 is 74.3 Å². The Morgan fingerprint density at radius 1 is 0.604 bits per heavy atom. The average molecular weight is 1480 g/mol. The van der Waals surface area contributed by atoms with E-state index in [9.17, 15) is 64.8 Å². The number of carbonyl (C=O) groups is 9. The molecule has 0 radical (unpaired) electrons. The predicted molar refractivity (Wildman–Crippen MR) is 387 cm³/mol. The molecule has 8 fully saturated rings. The molecule has 8 rings (SSSR count). The molecule has 4 heterocycles. The van der Waals surface area contributed by atoms with Crippen LogP contribution in [0.25, 0.3) is 0 Å². The van der Waals surface area contributed by atoms with Gasteiger partial charge in [0.25, 0.3) is 11.8 Å². The zero-order chi connectivity index (χ0) is 74.2. The van der Waals surface area contributed by atoms with Crippen molar-refractivity contribution >= 4 is 91.2 Å². The van der Waals surface area contributed by atoms with Crippen LogP contribution in [0.1, 0.15) is 210 Å². The van der Waals surface area contributed by atoms with Crippen molar-refractivity contribution in [3.63, 3.8) is 0 Å². The topological polar surface area (TPSA) is 374 Å². The maximum atomic E-state index is 14.3. The highest BCUT2D eigenvalue weighted by Gasteiger charge is 2.71. The van der Waals surface area contributed by atoms with E-state index in [1.807, 2.05) is 13.8 Å². The summed E-state index contributed by atoms with van der Waals surface area (Å²) in [5.41, 5.74) is 4.13. The summed E-state index contributed by atoms with van der Waals surface area (Å²) in [5.74, 6) is -4.79. The number of sulfone groups is 2. The second kappa shape index (κ2) is 36.9. The minimum Gasteiger partial charge on any atom is -0.379 e. The van der Waals surface area contributed by atoms with Crippen LogP contribution in [0.5, 0.6) is 0 Å². The van der Waals surface area contributed by atoms with Gasteiger partial charge in [0.2, 0.25) is 41.3 Å². The Morgan fingerprint density at radius 2 is 1.00 bits per heavy atom. The molecule has 101 heavy (non-hydrogen) atoms. The molecule has 8 amide bonds. The van der Waals surface area contributed by atoms with Gasteiger partial charge in [-0.1, -0.05) is 130 Å². The summed E-state index contributed by atoms with van der Waals surface area (Å²) in [6.07, 6.45) is 21.3. The van der Waals surface area contributed by atoms with Crippen LogP contribution in [0.4, 0.5) is 4.79 Å². The molecule has 572 valence electrons. The minimum absolute atomic E-state index is 0. The van der Waals surface area contributed by atoms with Gasteiger partial charge in [0.1, 0.15) is 24.2 Å². The SMILES string of the molecule is C=CCNC(=O)C(=O)[C@@H]1CCCCCCCOC[C@H](N)C(=O)N2C[C@H]3[C@@H]([C@H]2C(=O)N1)C3(C)C.C=CCNC(=O)C(=O)[C@@H]1CCCCCCCOC[C@H](NC(=O)NC2(CS(=O)(=O)C(C)(C)C)CCCCC2)C(=O)N2C[C@H]3[C@@H]([C@H]2C(=O)N1)C3(C)C.CC(C)(C)S(=O)(=O)CC1(N=C=O)CCCCC1.Cl. The molecule has 4 aliphatic heterocycles. The number of nitrogens with two attached hydrogens (primary N) is 1. The number of nitrogens with one attached hydrogen (secondary N) is 6. The van der Waals surface area contributed by atoms with Gasteiger partial charge in [0.15, 0.2) is 19.7 Å². The normalized spacial score (nSPS) is 28.6. The Bertz CT molecular complexity index is 3220. The summed E-state index contributed by atoms with van der Waals surface area (Å²) < 4.78 is 60.8. The Balaban J connectivity index is 0.000000307. The molecule has 0 aromatic heterocycles. The van der Waals surface area contributed by atoms with Gasteiger partial charge in [0, 0.05) is 39.4 Å². The molecule has 0 aromatic carbocycles. The molecule has 29 heteroatoms. The Hall–Kier alpha value is -5.64. The van der Waals surface area contributed by atoms with Crippen molar-refractivity contribution in [2.75, 3.05) is 64.1 Å². The number of hydrogen-bond donors (Lipinski definition) is 7. The van der Waals surface area contributed by atoms with Gasteiger partial charge >= 0.3 is 6.03 Å². The monoisotopic (exact) mass is 1480 g/mol. The van der Waals surface area contributed by atoms with Gasteiger partial charge in [-0.3, -0.25) is 38.4 Å². The van der Waals surface area contributed by atoms with Crippen LogP contribution in [-0.2, 0) is 72.3 Å². The second-order valence-electron chi connectivity index (χ2n) is 32.2. The largest absolute Gasteiger partial charge is 0.379 e. The summed E-state index contributed by atoms with van der Waals surface area (Å²) in [6, 6.07) is -6.22. The lowest BCUT2D eigenvalue weighted by atomic mass is 9.83. The number of rotatable bonds is 15. The van der Waals surface area contributed by atoms with E-state index in [-0.39, 0.29) is 97.0 Å². The predicted octanol–water partition coefficient (Wildman–Crippen LogP) is 5.96. The molecule has 0 aromatic rings. The van der Waals surface area contributed by atoms with E-state index in [1.165, 1.54) is 17.1 Å². The maximum Gasteiger partial charge on any atom is 0.315 e. The minimum atomic E-state index is -3.58. The van der Waals surface area contributed by atoms with Crippen LogP contribution in [-0.4, -0.2) is 207 Å². The van der Waals surface area contributed by atoms with E-state index in [0.717, 1.165) is 89.9 Å². The summed E-state index contributed by atoms with van der Waals surface area (Å²) in [7, 11) is -6.83. The number of ketones is 2. The Morgan fingerprint density at radius 3 is 1.44 bits per heavy atom. The molecular formula is C72H119ClN10O16S2. The van der Waals surface area contributed by atoms with E-state index in [2.05, 4.69) is 63.9 Å². The maximum absolute atomic E-state index is 14.3. The first-order valence-corrected chi connectivity index (χ1v) is 39.8. The highest BCUT2D eigenvalue weighted by atomic mass is 35.5. The second-order valence-corrected chi connectivity index (χ2v) is 37.7. The lowest BCUT2D eigenvalue weighted by molar-refractivity contribution is -0.144. The van der Waals surface area contributed by atoms with Crippen LogP contribution in [0.2, 0.25) is 0 Å². The van der Waals surface area contributed by atoms with E-state index in [0.29, 0.717) is 71.2 Å². The number of aliphatic imine (C=N–C) groups is 1. The zero-order valence-electron chi connectivity index (χ0n) is 61.6. The lowest BCUT2D eigenvalue weighted by Crippen LogP contribution is -2.62. The van der Waals surface area contributed by atoms with E-state index in [1.54, 1.807) is 52.5 Å². The molecule has 0 spiro atoms. The first-order chi connectivity index (χ1) is 46.9. The quantitative estimate of drug-likeness (QED) is 0.0430.